The van der Waals surface area contributed by atoms with Crippen LogP contribution in [0, 0.1) is 11.3 Å². The van der Waals surface area contributed by atoms with E-state index in [4.69, 9.17) is 5.41 Å². The number of nitrogens with one attached hydrogen (secondary N) is 1. The molecule has 1 unspecified atom stereocenters. The SMILES string of the molecule is Cn1cc(CC(C=N)C(=O)O)c2cc(-c3ccccc3)ccc21. The zero-order valence-electron chi connectivity index (χ0n) is 12.9. The monoisotopic (exact) mass is 306 g/mol. The highest BCUT2D eigenvalue weighted by Gasteiger charge is 2.18. The minimum atomic E-state index is -0.962. The number of aryl methyl sites for hydroxylation is 1. The summed E-state index contributed by atoms with van der Waals surface area (Å²) in [6.07, 6.45) is 3.29. The second kappa shape index (κ2) is 6.08. The van der Waals surface area contributed by atoms with Crippen molar-refractivity contribution >= 4 is 23.1 Å². The maximum Gasteiger partial charge on any atom is 0.312 e. The van der Waals surface area contributed by atoms with Gasteiger partial charge in [0.1, 0.15) is 0 Å². The average Bonchev–Trinajstić information content (AvgIpc) is 2.88. The summed E-state index contributed by atoms with van der Waals surface area (Å²) in [5.41, 5.74) is 4.25. The molecule has 2 aromatic carbocycles. The quantitative estimate of drug-likeness (QED) is 0.705. The van der Waals surface area contributed by atoms with Crippen molar-refractivity contribution in [2.45, 2.75) is 6.42 Å². The van der Waals surface area contributed by atoms with E-state index in [0.29, 0.717) is 6.42 Å². The van der Waals surface area contributed by atoms with Crippen LogP contribution in [0.1, 0.15) is 5.56 Å². The number of rotatable bonds is 5. The molecule has 116 valence electrons. The fourth-order valence-electron chi connectivity index (χ4n) is 2.90. The second-order valence-electron chi connectivity index (χ2n) is 5.68. The predicted molar refractivity (Wildman–Crippen MR) is 92.0 cm³/mol. The van der Waals surface area contributed by atoms with Crippen LogP contribution in [-0.4, -0.2) is 21.9 Å². The van der Waals surface area contributed by atoms with E-state index < -0.39 is 11.9 Å². The molecule has 3 aromatic rings. The van der Waals surface area contributed by atoms with Gasteiger partial charge in [0.05, 0.1) is 5.92 Å². The minimum Gasteiger partial charge on any atom is -0.481 e. The molecule has 0 radical (unpaired) electrons. The summed E-state index contributed by atoms with van der Waals surface area (Å²) in [5, 5.41) is 17.6. The van der Waals surface area contributed by atoms with Gasteiger partial charge in [0.2, 0.25) is 0 Å². The second-order valence-corrected chi connectivity index (χ2v) is 5.68. The van der Waals surface area contributed by atoms with Crippen molar-refractivity contribution in [2.24, 2.45) is 13.0 Å². The van der Waals surface area contributed by atoms with Crippen LogP contribution >= 0.6 is 0 Å². The molecule has 0 amide bonds. The van der Waals surface area contributed by atoms with Crippen molar-refractivity contribution in [3.05, 3.63) is 60.3 Å². The van der Waals surface area contributed by atoms with Gasteiger partial charge in [-0.3, -0.25) is 4.79 Å². The molecule has 23 heavy (non-hydrogen) atoms. The number of hydrogen-bond donors (Lipinski definition) is 2. The summed E-state index contributed by atoms with van der Waals surface area (Å²) in [7, 11) is 1.95. The summed E-state index contributed by atoms with van der Waals surface area (Å²) in [5.74, 6) is -1.75. The van der Waals surface area contributed by atoms with E-state index >= 15 is 0 Å². The molecule has 0 bridgehead atoms. The normalized spacial score (nSPS) is 12.2. The van der Waals surface area contributed by atoms with Crippen LogP contribution in [0.2, 0.25) is 0 Å². The predicted octanol–water partition coefficient (Wildman–Crippen LogP) is 3.74. The Balaban J connectivity index is 2.08. The fourth-order valence-corrected chi connectivity index (χ4v) is 2.90. The first-order valence-electron chi connectivity index (χ1n) is 7.47. The van der Waals surface area contributed by atoms with E-state index in [1.54, 1.807) is 0 Å². The summed E-state index contributed by atoms with van der Waals surface area (Å²) >= 11 is 0. The lowest BCUT2D eigenvalue weighted by atomic mass is 9.97. The first-order valence-corrected chi connectivity index (χ1v) is 7.47. The number of hydrogen-bond acceptors (Lipinski definition) is 2. The van der Waals surface area contributed by atoms with Gasteiger partial charge in [0.25, 0.3) is 0 Å². The van der Waals surface area contributed by atoms with Crippen LogP contribution in [0.25, 0.3) is 22.0 Å². The first kappa shape index (κ1) is 15.0. The van der Waals surface area contributed by atoms with Gasteiger partial charge in [0.15, 0.2) is 0 Å². The lowest BCUT2D eigenvalue weighted by molar-refractivity contribution is -0.139. The molecule has 4 nitrogen and oxygen atoms in total. The van der Waals surface area contributed by atoms with Gasteiger partial charge in [-0.15, -0.1) is 0 Å². The van der Waals surface area contributed by atoms with E-state index in [0.717, 1.165) is 33.8 Å². The Bertz CT molecular complexity index is 866. The zero-order valence-corrected chi connectivity index (χ0v) is 12.9. The van der Waals surface area contributed by atoms with E-state index in [1.165, 1.54) is 0 Å². The van der Waals surface area contributed by atoms with Gasteiger partial charge in [-0.25, -0.2) is 0 Å². The number of benzene rings is 2. The van der Waals surface area contributed by atoms with Gasteiger partial charge in [0, 0.05) is 30.4 Å². The Kier molecular flexibility index (Phi) is 3.98. The van der Waals surface area contributed by atoms with Crippen molar-refractivity contribution in [3.8, 4) is 11.1 Å². The maximum absolute atomic E-state index is 11.2. The molecule has 0 fully saturated rings. The van der Waals surface area contributed by atoms with Crippen LogP contribution in [0.5, 0.6) is 0 Å². The summed E-state index contributed by atoms with van der Waals surface area (Å²) < 4.78 is 2.00. The topological polar surface area (TPSA) is 66.1 Å². The molecule has 0 aliphatic carbocycles. The fraction of sp³-hybridized carbons (Fsp3) is 0.158. The zero-order chi connectivity index (χ0) is 16.4. The van der Waals surface area contributed by atoms with E-state index in [2.05, 4.69) is 30.3 Å². The molecule has 1 aromatic heterocycles. The van der Waals surface area contributed by atoms with Crippen LogP contribution in [-0.2, 0) is 18.3 Å². The third-order valence-corrected chi connectivity index (χ3v) is 4.14. The van der Waals surface area contributed by atoms with Crippen molar-refractivity contribution in [3.63, 3.8) is 0 Å². The van der Waals surface area contributed by atoms with Crippen molar-refractivity contribution in [1.82, 2.24) is 4.57 Å². The minimum absolute atomic E-state index is 0.328. The van der Waals surface area contributed by atoms with Crippen molar-refractivity contribution < 1.29 is 9.90 Å². The molecule has 4 heteroatoms. The number of carboxylic acids is 1. The number of aromatic nitrogens is 1. The third-order valence-electron chi connectivity index (χ3n) is 4.14. The Morgan fingerprint density at radius 2 is 1.96 bits per heavy atom. The Morgan fingerprint density at radius 3 is 2.61 bits per heavy atom. The standard InChI is InChI=1S/C19H18N2O2/c1-21-12-16(9-15(11-20)19(22)23)17-10-14(7-8-18(17)21)13-5-3-2-4-6-13/h2-8,10-12,15,20H,9H2,1H3,(H,22,23). The Hall–Kier alpha value is -2.88. The Labute approximate surface area is 134 Å². The molecular formula is C19H18N2O2. The highest BCUT2D eigenvalue weighted by atomic mass is 16.4. The van der Waals surface area contributed by atoms with E-state index in [-0.39, 0.29) is 0 Å². The summed E-state index contributed by atoms with van der Waals surface area (Å²) in [6.45, 7) is 0. The van der Waals surface area contributed by atoms with Crippen LogP contribution in [0.3, 0.4) is 0 Å². The van der Waals surface area contributed by atoms with Crippen molar-refractivity contribution in [1.29, 1.82) is 5.41 Å². The number of nitrogens with zero attached hydrogens (tertiary/aromatic N) is 1. The highest BCUT2D eigenvalue weighted by molar-refractivity contribution is 5.91. The molecule has 1 heterocycles. The van der Waals surface area contributed by atoms with Gasteiger partial charge in [-0.1, -0.05) is 36.4 Å². The average molecular weight is 306 g/mol. The third kappa shape index (κ3) is 2.88. The molecule has 2 N–H and O–H groups in total. The van der Waals surface area contributed by atoms with Crippen LogP contribution in [0.15, 0.2) is 54.7 Å². The molecule has 1 atom stereocenters. The smallest absolute Gasteiger partial charge is 0.312 e. The number of aliphatic carboxylic acids is 1. The van der Waals surface area contributed by atoms with E-state index in [9.17, 15) is 9.90 Å². The van der Waals surface area contributed by atoms with Gasteiger partial charge in [-0.2, -0.15) is 0 Å². The van der Waals surface area contributed by atoms with E-state index in [1.807, 2.05) is 36.0 Å². The largest absolute Gasteiger partial charge is 0.481 e. The van der Waals surface area contributed by atoms with Crippen LogP contribution in [0.4, 0.5) is 0 Å². The molecular weight excluding hydrogens is 288 g/mol. The first-order chi connectivity index (χ1) is 11.1. The number of carbonyl (C=O) groups is 1. The number of carboxylic acid groups (broad SMARTS) is 1. The van der Waals surface area contributed by atoms with Gasteiger partial charge < -0.3 is 15.1 Å². The lowest BCUT2D eigenvalue weighted by Gasteiger charge is -2.06. The molecule has 3 rings (SSSR count). The molecule has 0 saturated carbocycles. The molecule has 0 aliphatic rings. The Morgan fingerprint density at radius 1 is 1.22 bits per heavy atom. The van der Waals surface area contributed by atoms with Crippen LogP contribution < -0.4 is 0 Å². The van der Waals surface area contributed by atoms with Gasteiger partial charge >= 0.3 is 5.97 Å². The highest BCUT2D eigenvalue weighted by Crippen LogP contribution is 2.28. The molecule has 0 saturated heterocycles. The summed E-state index contributed by atoms with van der Waals surface area (Å²) in [6, 6.07) is 16.3. The number of fused-ring (bicyclic) bond motifs is 1. The lowest BCUT2D eigenvalue weighted by Crippen LogP contribution is -2.17. The maximum atomic E-state index is 11.2. The van der Waals surface area contributed by atoms with Gasteiger partial charge in [-0.05, 0) is 35.2 Å². The summed E-state index contributed by atoms with van der Waals surface area (Å²) in [4.78, 5) is 11.2. The van der Waals surface area contributed by atoms with Crippen molar-refractivity contribution in [2.75, 3.05) is 0 Å². The molecule has 0 spiro atoms. The molecule has 0 aliphatic heterocycles.